The van der Waals surface area contributed by atoms with Crippen LogP contribution in [-0.2, 0) is 5.88 Å². The molecule has 0 heterocycles. The van der Waals surface area contributed by atoms with E-state index < -0.39 is 4.92 Å². The van der Waals surface area contributed by atoms with Crippen LogP contribution in [0.15, 0.2) is 36.4 Å². The highest BCUT2D eigenvalue weighted by Gasteiger charge is 2.11. The van der Waals surface area contributed by atoms with Gasteiger partial charge in [0.25, 0.3) is 5.69 Å². The molecule has 2 aromatic carbocycles. The van der Waals surface area contributed by atoms with Gasteiger partial charge in [-0.15, -0.1) is 11.6 Å². The minimum Gasteiger partial charge on any atom is -0.457 e. The van der Waals surface area contributed by atoms with E-state index in [-0.39, 0.29) is 5.69 Å². The smallest absolute Gasteiger partial charge is 0.269 e. The average Bonchev–Trinajstić information content (AvgIpc) is 2.42. The van der Waals surface area contributed by atoms with E-state index in [0.29, 0.717) is 22.9 Å². The molecule has 0 N–H and O–H groups in total. The second kappa shape index (κ2) is 5.92. The van der Waals surface area contributed by atoms with E-state index in [2.05, 4.69) is 0 Å². The van der Waals surface area contributed by atoms with Crippen LogP contribution in [0, 0.1) is 24.0 Å². The van der Waals surface area contributed by atoms with Gasteiger partial charge in [-0.2, -0.15) is 0 Å². The second-order valence-corrected chi connectivity index (χ2v) is 4.82. The molecule has 2 aromatic rings. The summed E-state index contributed by atoms with van der Waals surface area (Å²) >= 11 is 5.91. The molecule has 0 aliphatic carbocycles. The maximum absolute atomic E-state index is 10.7. The monoisotopic (exact) mass is 291 g/mol. The van der Waals surface area contributed by atoms with Crippen molar-refractivity contribution in [2.45, 2.75) is 19.7 Å². The molecule has 0 spiro atoms. The van der Waals surface area contributed by atoms with Gasteiger partial charge in [-0.25, -0.2) is 0 Å². The summed E-state index contributed by atoms with van der Waals surface area (Å²) < 4.78 is 5.81. The molecule has 0 saturated carbocycles. The average molecular weight is 292 g/mol. The first kappa shape index (κ1) is 14.3. The molecule has 0 aliphatic heterocycles. The van der Waals surface area contributed by atoms with Crippen LogP contribution >= 0.6 is 11.6 Å². The number of alkyl halides is 1. The van der Waals surface area contributed by atoms with Crippen molar-refractivity contribution >= 4 is 17.3 Å². The number of nitro groups is 1. The lowest BCUT2D eigenvalue weighted by Crippen LogP contribution is -1.94. The molecular formula is C15H14ClNO3. The molecule has 0 atom stereocenters. The SMILES string of the molecule is Cc1ccc(Oc2ccc([N+](=O)[O-])cc2C)c(CCl)c1. The molecule has 0 radical (unpaired) electrons. The number of nitrogens with zero attached hydrogens (tertiary/aromatic N) is 1. The predicted octanol–water partition coefficient (Wildman–Crippen LogP) is 4.74. The molecule has 0 saturated heterocycles. The van der Waals surface area contributed by atoms with Crippen molar-refractivity contribution in [2.24, 2.45) is 0 Å². The summed E-state index contributed by atoms with van der Waals surface area (Å²) in [6, 6.07) is 10.3. The van der Waals surface area contributed by atoms with Crippen molar-refractivity contribution in [1.82, 2.24) is 0 Å². The molecule has 4 nitrogen and oxygen atoms in total. The summed E-state index contributed by atoms with van der Waals surface area (Å²) in [6.45, 7) is 3.76. The van der Waals surface area contributed by atoms with Gasteiger partial charge in [0.05, 0.1) is 10.8 Å². The fourth-order valence-corrected chi connectivity index (χ4v) is 2.10. The first-order chi connectivity index (χ1) is 9.51. The zero-order valence-corrected chi connectivity index (χ0v) is 12.0. The topological polar surface area (TPSA) is 52.4 Å². The standard InChI is InChI=1S/C15H14ClNO3/c1-10-3-5-15(12(7-10)9-16)20-14-6-4-13(17(18)19)8-11(14)2/h3-8H,9H2,1-2H3. The Morgan fingerprint density at radius 1 is 1.15 bits per heavy atom. The van der Waals surface area contributed by atoms with Crippen LogP contribution in [0.2, 0.25) is 0 Å². The zero-order chi connectivity index (χ0) is 14.7. The predicted molar refractivity (Wildman–Crippen MR) is 78.6 cm³/mol. The normalized spacial score (nSPS) is 10.3. The Morgan fingerprint density at radius 3 is 2.45 bits per heavy atom. The Morgan fingerprint density at radius 2 is 1.85 bits per heavy atom. The van der Waals surface area contributed by atoms with E-state index >= 15 is 0 Å². The Bertz CT molecular complexity index is 656. The molecule has 104 valence electrons. The fraction of sp³-hybridized carbons (Fsp3) is 0.200. The molecular weight excluding hydrogens is 278 g/mol. The Hall–Kier alpha value is -2.07. The van der Waals surface area contributed by atoms with Gasteiger partial charge in [-0.05, 0) is 31.5 Å². The van der Waals surface area contributed by atoms with Crippen molar-refractivity contribution < 1.29 is 9.66 Å². The molecule has 0 aromatic heterocycles. The molecule has 20 heavy (non-hydrogen) atoms. The van der Waals surface area contributed by atoms with E-state index in [9.17, 15) is 10.1 Å². The number of non-ortho nitro benzene ring substituents is 1. The second-order valence-electron chi connectivity index (χ2n) is 4.55. The lowest BCUT2D eigenvalue weighted by Gasteiger charge is -2.12. The van der Waals surface area contributed by atoms with Crippen LogP contribution in [0.5, 0.6) is 11.5 Å². The molecule has 0 bridgehead atoms. The highest BCUT2D eigenvalue weighted by molar-refractivity contribution is 6.17. The summed E-state index contributed by atoms with van der Waals surface area (Å²) in [7, 11) is 0. The van der Waals surface area contributed by atoms with E-state index in [4.69, 9.17) is 16.3 Å². The van der Waals surface area contributed by atoms with Gasteiger partial charge < -0.3 is 4.74 Å². The van der Waals surface area contributed by atoms with Crippen molar-refractivity contribution in [3.8, 4) is 11.5 Å². The minimum absolute atomic E-state index is 0.0522. The van der Waals surface area contributed by atoms with Crippen molar-refractivity contribution in [2.75, 3.05) is 0 Å². The lowest BCUT2D eigenvalue weighted by molar-refractivity contribution is -0.384. The number of benzene rings is 2. The van der Waals surface area contributed by atoms with Gasteiger partial charge in [0, 0.05) is 17.7 Å². The highest BCUT2D eigenvalue weighted by Crippen LogP contribution is 2.31. The maximum atomic E-state index is 10.7. The van der Waals surface area contributed by atoms with E-state index in [0.717, 1.165) is 11.1 Å². The van der Waals surface area contributed by atoms with Gasteiger partial charge in [0.1, 0.15) is 11.5 Å². The van der Waals surface area contributed by atoms with Crippen molar-refractivity contribution in [1.29, 1.82) is 0 Å². The number of hydrogen-bond donors (Lipinski definition) is 0. The Kier molecular flexibility index (Phi) is 4.25. The van der Waals surface area contributed by atoms with E-state index in [1.807, 2.05) is 25.1 Å². The van der Waals surface area contributed by atoms with Crippen molar-refractivity contribution in [3.05, 3.63) is 63.2 Å². The quantitative estimate of drug-likeness (QED) is 0.464. The molecule has 0 fully saturated rings. The third-order valence-corrected chi connectivity index (χ3v) is 3.24. The van der Waals surface area contributed by atoms with Crippen molar-refractivity contribution in [3.63, 3.8) is 0 Å². The zero-order valence-electron chi connectivity index (χ0n) is 11.2. The van der Waals surface area contributed by atoms with Crippen LogP contribution in [0.1, 0.15) is 16.7 Å². The third kappa shape index (κ3) is 3.08. The largest absolute Gasteiger partial charge is 0.457 e. The van der Waals surface area contributed by atoms with Crippen LogP contribution in [0.25, 0.3) is 0 Å². The maximum Gasteiger partial charge on any atom is 0.269 e. The number of ether oxygens (including phenoxy) is 1. The number of rotatable bonds is 4. The number of aryl methyl sites for hydroxylation is 2. The molecule has 0 unspecified atom stereocenters. The van der Waals surface area contributed by atoms with Crippen LogP contribution < -0.4 is 4.74 Å². The van der Waals surface area contributed by atoms with E-state index in [1.165, 1.54) is 12.1 Å². The molecule has 0 aliphatic rings. The summed E-state index contributed by atoms with van der Waals surface area (Å²) in [5.41, 5.74) is 2.76. The third-order valence-electron chi connectivity index (χ3n) is 2.95. The first-order valence-corrected chi connectivity index (χ1v) is 6.63. The number of hydrogen-bond acceptors (Lipinski definition) is 3. The molecule has 5 heteroatoms. The number of nitro benzene ring substituents is 1. The summed E-state index contributed by atoms with van der Waals surface area (Å²) in [5.74, 6) is 1.61. The Balaban J connectivity index is 2.33. The Labute approximate surface area is 122 Å². The van der Waals surface area contributed by atoms with Gasteiger partial charge >= 0.3 is 0 Å². The summed E-state index contributed by atoms with van der Waals surface area (Å²) in [6.07, 6.45) is 0. The van der Waals surface area contributed by atoms with E-state index in [1.54, 1.807) is 13.0 Å². The van der Waals surface area contributed by atoms with Crippen LogP contribution in [0.3, 0.4) is 0 Å². The minimum atomic E-state index is -0.424. The number of halogens is 1. The van der Waals surface area contributed by atoms with Crippen LogP contribution in [0.4, 0.5) is 5.69 Å². The van der Waals surface area contributed by atoms with Crippen LogP contribution in [-0.4, -0.2) is 4.92 Å². The van der Waals surface area contributed by atoms with Gasteiger partial charge in [0.15, 0.2) is 0 Å². The first-order valence-electron chi connectivity index (χ1n) is 6.09. The highest BCUT2D eigenvalue weighted by atomic mass is 35.5. The fourth-order valence-electron chi connectivity index (χ4n) is 1.89. The lowest BCUT2D eigenvalue weighted by atomic mass is 10.1. The van der Waals surface area contributed by atoms with Gasteiger partial charge in [-0.3, -0.25) is 10.1 Å². The summed E-state index contributed by atoms with van der Waals surface area (Å²) in [4.78, 5) is 10.3. The molecule has 2 rings (SSSR count). The summed E-state index contributed by atoms with van der Waals surface area (Å²) in [5, 5.41) is 10.7. The molecule has 0 amide bonds. The van der Waals surface area contributed by atoms with Gasteiger partial charge in [0.2, 0.25) is 0 Å². The van der Waals surface area contributed by atoms with Gasteiger partial charge in [-0.1, -0.05) is 17.7 Å².